The van der Waals surface area contributed by atoms with Crippen LogP contribution in [0.3, 0.4) is 0 Å². The molecule has 1 aromatic heterocycles. The van der Waals surface area contributed by atoms with Gasteiger partial charge in [0, 0.05) is 5.56 Å². The van der Waals surface area contributed by atoms with Crippen molar-refractivity contribution in [3.05, 3.63) is 57.8 Å². The fourth-order valence-electron chi connectivity index (χ4n) is 1.89. The van der Waals surface area contributed by atoms with Crippen LogP contribution >= 0.6 is 46.8 Å². The lowest BCUT2D eigenvalue weighted by Gasteiger charge is -2.07. The molecule has 0 aliphatic carbocycles. The summed E-state index contributed by atoms with van der Waals surface area (Å²) >= 11 is 18.0. The normalized spacial score (nSPS) is 10.6. The van der Waals surface area contributed by atoms with E-state index in [1.165, 1.54) is 41.7 Å². The maximum atomic E-state index is 13.2. The molecule has 1 heterocycles. The molecule has 24 heavy (non-hydrogen) atoms. The molecule has 2 N–H and O–H groups in total. The highest BCUT2D eigenvalue weighted by Gasteiger charge is 2.11. The molecule has 3 rings (SSSR count). The quantitative estimate of drug-likeness (QED) is 0.603. The minimum absolute atomic E-state index is 0.0746. The molecule has 0 aliphatic rings. The zero-order valence-corrected chi connectivity index (χ0v) is 14.9. The number of nitrogens with zero attached hydrogens (tertiary/aromatic N) is 1. The maximum absolute atomic E-state index is 13.2. The zero-order chi connectivity index (χ0) is 17.3. The van der Waals surface area contributed by atoms with Crippen LogP contribution in [0.25, 0.3) is 10.2 Å². The Balaban J connectivity index is 1.69. The Labute approximate surface area is 155 Å². The molecule has 0 saturated carbocycles. The van der Waals surface area contributed by atoms with Crippen LogP contribution in [0.15, 0.2) is 36.4 Å². The van der Waals surface area contributed by atoms with Crippen molar-refractivity contribution in [2.75, 3.05) is 5.32 Å². The van der Waals surface area contributed by atoms with Crippen molar-refractivity contribution in [1.29, 1.82) is 0 Å². The Kier molecular flexibility index (Phi) is 4.96. The lowest BCUT2D eigenvalue weighted by atomic mass is 10.2. The van der Waals surface area contributed by atoms with Gasteiger partial charge in [-0.2, -0.15) is 0 Å². The fourth-order valence-corrected chi connectivity index (χ4v) is 3.34. The third kappa shape index (κ3) is 3.81. The van der Waals surface area contributed by atoms with Crippen molar-refractivity contribution in [2.24, 2.45) is 0 Å². The van der Waals surface area contributed by atoms with Crippen LogP contribution < -0.4 is 10.6 Å². The Morgan fingerprint density at radius 2 is 1.96 bits per heavy atom. The molecule has 3 aromatic rings. The maximum Gasteiger partial charge on any atom is 0.257 e. The number of aromatic nitrogens is 1. The van der Waals surface area contributed by atoms with Crippen LogP contribution in [0.2, 0.25) is 10.0 Å². The lowest BCUT2D eigenvalue weighted by Crippen LogP contribution is -2.34. The molecule has 9 heteroatoms. The first-order valence-corrected chi connectivity index (χ1v) is 8.54. The zero-order valence-electron chi connectivity index (χ0n) is 11.8. The van der Waals surface area contributed by atoms with Crippen molar-refractivity contribution < 1.29 is 9.18 Å². The second-order valence-electron chi connectivity index (χ2n) is 4.67. The first kappa shape index (κ1) is 17.0. The number of halogens is 3. The third-order valence-corrected chi connectivity index (χ3v) is 4.86. The number of hydrogen-bond acceptors (Lipinski definition) is 4. The summed E-state index contributed by atoms with van der Waals surface area (Å²) in [7, 11) is 0. The van der Waals surface area contributed by atoms with Crippen LogP contribution in [-0.4, -0.2) is 16.0 Å². The van der Waals surface area contributed by atoms with Crippen LogP contribution in [0.1, 0.15) is 10.4 Å². The second kappa shape index (κ2) is 6.98. The molecule has 0 radical (unpaired) electrons. The summed E-state index contributed by atoms with van der Waals surface area (Å²) in [6.45, 7) is 0. The lowest BCUT2D eigenvalue weighted by molar-refractivity contribution is 0.0977. The number of benzene rings is 2. The van der Waals surface area contributed by atoms with Gasteiger partial charge in [-0.15, -0.1) is 0 Å². The van der Waals surface area contributed by atoms with Gasteiger partial charge in [0.25, 0.3) is 5.91 Å². The van der Waals surface area contributed by atoms with E-state index in [0.29, 0.717) is 25.9 Å². The van der Waals surface area contributed by atoms with Gasteiger partial charge in [-0.25, -0.2) is 9.37 Å². The summed E-state index contributed by atoms with van der Waals surface area (Å²) in [5.74, 6) is -0.772. The molecule has 0 bridgehead atoms. The van der Waals surface area contributed by atoms with E-state index in [0.717, 1.165) is 0 Å². The van der Waals surface area contributed by atoms with Crippen molar-refractivity contribution in [3.63, 3.8) is 0 Å². The molecule has 122 valence electrons. The number of fused-ring (bicyclic) bond motifs is 1. The predicted octanol–water partition coefficient (Wildman–Crippen LogP) is 4.87. The van der Waals surface area contributed by atoms with E-state index in [9.17, 15) is 9.18 Å². The number of thiocarbonyl (C=S) groups is 1. The van der Waals surface area contributed by atoms with Gasteiger partial charge >= 0.3 is 0 Å². The van der Waals surface area contributed by atoms with Gasteiger partial charge in [0.2, 0.25) is 0 Å². The highest BCUT2D eigenvalue weighted by atomic mass is 35.5. The minimum Gasteiger partial charge on any atom is -0.308 e. The number of thiazole rings is 1. The average Bonchev–Trinajstić information content (AvgIpc) is 2.90. The van der Waals surface area contributed by atoms with Crippen molar-refractivity contribution in [3.8, 4) is 0 Å². The molecule has 0 spiro atoms. The van der Waals surface area contributed by atoms with Crippen molar-refractivity contribution in [1.82, 2.24) is 10.3 Å². The van der Waals surface area contributed by atoms with E-state index >= 15 is 0 Å². The number of carbonyl (C=O) groups excluding carboxylic acids is 1. The number of carbonyl (C=O) groups is 1. The molecular weight excluding hydrogens is 392 g/mol. The number of nitrogens with one attached hydrogen (secondary N) is 2. The Morgan fingerprint density at radius 1 is 1.17 bits per heavy atom. The molecular formula is C15H8Cl2FN3OS2. The first-order chi connectivity index (χ1) is 11.4. The van der Waals surface area contributed by atoms with Crippen molar-refractivity contribution >= 4 is 73.1 Å². The second-order valence-corrected chi connectivity index (χ2v) is 6.92. The number of hydrogen-bond donors (Lipinski definition) is 2. The van der Waals surface area contributed by atoms with E-state index < -0.39 is 5.91 Å². The highest BCUT2D eigenvalue weighted by molar-refractivity contribution is 7.80. The summed E-state index contributed by atoms with van der Waals surface area (Å²) in [5, 5.41) is 6.48. The van der Waals surface area contributed by atoms with E-state index in [-0.39, 0.29) is 16.0 Å². The molecule has 4 nitrogen and oxygen atoms in total. The van der Waals surface area contributed by atoms with Gasteiger partial charge in [0.1, 0.15) is 5.82 Å². The summed E-state index contributed by atoms with van der Waals surface area (Å²) in [6, 6.07) is 8.79. The molecule has 1 amide bonds. The van der Waals surface area contributed by atoms with Gasteiger partial charge in [-0.1, -0.05) is 34.5 Å². The van der Waals surface area contributed by atoms with Crippen molar-refractivity contribution in [2.45, 2.75) is 0 Å². The number of anilines is 1. The summed E-state index contributed by atoms with van der Waals surface area (Å²) in [4.78, 5) is 16.4. The standard InChI is InChI=1S/C15H8Cl2FN3OS2/c16-9-3-1-7(5-10(9)17)13(22)20-14(23)21-15-19-11-4-2-8(18)6-12(11)24-15/h1-6H,(H2,19,20,21,22,23). The molecule has 0 atom stereocenters. The first-order valence-electron chi connectivity index (χ1n) is 6.56. The van der Waals surface area contributed by atoms with Gasteiger partial charge in [0.05, 0.1) is 20.3 Å². The smallest absolute Gasteiger partial charge is 0.257 e. The van der Waals surface area contributed by atoms with Crippen LogP contribution in [-0.2, 0) is 0 Å². The largest absolute Gasteiger partial charge is 0.308 e. The fraction of sp³-hybridized carbons (Fsp3) is 0. The number of rotatable bonds is 2. The van der Waals surface area contributed by atoms with Crippen LogP contribution in [0.5, 0.6) is 0 Å². The SMILES string of the molecule is O=C(NC(=S)Nc1nc2ccc(F)cc2s1)c1ccc(Cl)c(Cl)c1. The van der Waals surface area contributed by atoms with Gasteiger partial charge < -0.3 is 5.32 Å². The Hall–Kier alpha value is -1.80. The monoisotopic (exact) mass is 399 g/mol. The summed E-state index contributed by atoms with van der Waals surface area (Å²) in [5.41, 5.74) is 0.961. The van der Waals surface area contributed by atoms with Crippen LogP contribution in [0.4, 0.5) is 9.52 Å². The van der Waals surface area contributed by atoms with Gasteiger partial charge in [-0.3, -0.25) is 10.1 Å². The third-order valence-electron chi connectivity index (χ3n) is 2.98. The van der Waals surface area contributed by atoms with E-state index in [4.69, 9.17) is 35.4 Å². The van der Waals surface area contributed by atoms with E-state index in [1.807, 2.05) is 0 Å². The molecule has 0 unspecified atom stereocenters. The number of amides is 1. The predicted molar refractivity (Wildman–Crippen MR) is 99.7 cm³/mol. The average molecular weight is 400 g/mol. The molecule has 0 fully saturated rings. The summed E-state index contributed by atoms with van der Waals surface area (Å²) in [6.07, 6.45) is 0. The minimum atomic E-state index is -0.432. The Morgan fingerprint density at radius 3 is 2.71 bits per heavy atom. The highest BCUT2D eigenvalue weighted by Crippen LogP contribution is 2.26. The Bertz CT molecular complexity index is 961. The molecule has 2 aromatic carbocycles. The van der Waals surface area contributed by atoms with E-state index in [2.05, 4.69) is 15.6 Å². The summed E-state index contributed by atoms with van der Waals surface area (Å²) < 4.78 is 13.9. The van der Waals surface area contributed by atoms with E-state index in [1.54, 1.807) is 6.07 Å². The van der Waals surface area contributed by atoms with Crippen LogP contribution in [0, 0.1) is 5.82 Å². The van der Waals surface area contributed by atoms with Gasteiger partial charge in [-0.05, 0) is 48.6 Å². The van der Waals surface area contributed by atoms with Gasteiger partial charge in [0.15, 0.2) is 10.2 Å². The topological polar surface area (TPSA) is 54.0 Å². The molecule has 0 aliphatic heterocycles. The molecule has 0 saturated heterocycles.